The Hall–Kier alpha value is -4.97. The van der Waals surface area contributed by atoms with Gasteiger partial charge in [0, 0.05) is 27.7 Å². The zero-order chi connectivity index (χ0) is 29.6. The van der Waals surface area contributed by atoms with Gasteiger partial charge in [0.25, 0.3) is 0 Å². The zero-order valence-corrected chi connectivity index (χ0v) is 21.9. The third-order valence-corrected chi connectivity index (χ3v) is 5.52. The molecule has 15 nitrogen and oxygen atoms in total. The maximum Gasteiger partial charge on any atom is 0.335 e. The number of hydrogen-bond acceptors (Lipinski definition) is 13. The van der Waals surface area contributed by atoms with E-state index in [1.54, 1.807) is 0 Å². The summed E-state index contributed by atoms with van der Waals surface area (Å²) < 4.78 is 28.6. The number of rotatable bonds is 9. The van der Waals surface area contributed by atoms with Crippen molar-refractivity contribution >= 4 is 35.7 Å². The number of aromatic carboxylic acids is 1. The molecule has 0 amide bonds. The normalized spacial score (nSPS) is 21.8. The van der Waals surface area contributed by atoms with E-state index in [1.807, 2.05) is 6.07 Å². The number of nitrogens with zero attached hydrogens (tertiary/aromatic N) is 3. The number of nitrogens with one attached hydrogen (secondary N) is 1. The average molecular weight is 559 g/mol. The Labute approximate surface area is 227 Å². The van der Waals surface area contributed by atoms with E-state index in [-0.39, 0.29) is 16.9 Å². The fraction of sp³-hybridized carbons (Fsp3) is 0.400. The molecule has 212 valence electrons. The highest BCUT2D eigenvalue weighted by Gasteiger charge is 2.52. The number of carbonyl (C=O) groups is 5. The summed E-state index contributed by atoms with van der Waals surface area (Å²) in [7, 11) is 0. The van der Waals surface area contributed by atoms with E-state index in [9.17, 15) is 34.3 Å². The Morgan fingerprint density at radius 2 is 1.52 bits per heavy atom. The van der Waals surface area contributed by atoms with Crippen LogP contribution in [0.2, 0.25) is 0 Å². The van der Waals surface area contributed by atoms with Gasteiger partial charge < -0.3 is 34.1 Å². The van der Waals surface area contributed by atoms with Crippen molar-refractivity contribution in [3.8, 4) is 11.8 Å². The molecule has 0 bridgehead atoms. The molecular formula is C25H26N4O11. The topological polar surface area (TPSA) is 205 Å². The number of aromatic nitrogens is 2. The second-order valence-electron chi connectivity index (χ2n) is 8.55. The number of esters is 4. The Morgan fingerprint density at radius 3 is 2.05 bits per heavy atom. The summed E-state index contributed by atoms with van der Waals surface area (Å²) in [5.41, 5.74) is 0.403. The van der Waals surface area contributed by atoms with E-state index in [0.29, 0.717) is 5.69 Å². The van der Waals surface area contributed by atoms with Crippen molar-refractivity contribution in [2.75, 3.05) is 11.9 Å². The number of hydrogen-bond donors (Lipinski definition) is 2. The summed E-state index contributed by atoms with van der Waals surface area (Å²) in [6, 6.07) is 7.55. The molecule has 1 aromatic carbocycles. The Morgan fingerprint density at radius 1 is 0.950 bits per heavy atom. The molecule has 40 heavy (non-hydrogen) atoms. The molecule has 0 aliphatic carbocycles. The van der Waals surface area contributed by atoms with Crippen LogP contribution in [0.1, 0.15) is 43.6 Å². The van der Waals surface area contributed by atoms with Crippen LogP contribution in [-0.4, -0.2) is 82.0 Å². The molecule has 1 aliphatic rings. The van der Waals surface area contributed by atoms with Crippen LogP contribution in [-0.2, 0) is 42.9 Å². The zero-order valence-electron chi connectivity index (χ0n) is 21.9. The Kier molecular flexibility index (Phi) is 9.41. The molecule has 0 radical (unpaired) electrons. The molecule has 0 spiro atoms. The van der Waals surface area contributed by atoms with Crippen molar-refractivity contribution in [1.82, 2.24) is 9.78 Å². The summed E-state index contributed by atoms with van der Waals surface area (Å²) in [4.78, 5) is 58.8. The van der Waals surface area contributed by atoms with Gasteiger partial charge >= 0.3 is 29.8 Å². The van der Waals surface area contributed by atoms with Gasteiger partial charge in [-0.05, 0) is 24.3 Å². The number of carboxylic acids is 1. The number of ether oxygens (including phenoxy) is 5. The van der Waals surface area contributed by atoms with E-state index < -0.39 is 67.1 Å². The number of anilines is 1. The largest absolute Gasteiger partial charge is 0.478 e. The molecule has 1 saturated heterocycles. The second-order valence-corrected chi connectivity index (χ2v) is 8.55. The lowest BCUT2D eigenvalue weighted by molar-refractivity contribution is -0.247. The third kappa shape index (κ3) is 7.11. The molecule has 1 fully saturated rings. The molecule has 2 aromatic rings. The van der Waals surface area contributed by atoms with Crippen LogP contribution < -0.4 is 5.32 Å². The molecule has 5 atom stereocenters. The van der Waals surface area contributed by atoms with Gasteiger partial charge in [0.1, 0.15) is 30.2 Å². The van der Waals surface area contributed by atoms with E-state index in [1.165, 1.54) is 35.1 Å². The van der Waals surface area contributed by atoms with Gasteiger partial charge in [0.15, 0.2) is 24.5 Å². The first-order valence-corrected chi connectivity index (χ1v) is 11.8. The highest BCUT2D eigenvalue weighted by molar-refractivity contribution is 5.87. The van der Waals surface area contributed by atoms with E-state index in [4.69, 9.17) is 23.7 Å². The monoisotopic (exact) mass is 558 g/mol. The standard InChI is InChI=1S/C25H26N4O11/c1-12(30)36-11-19-20(37-13(2)31)21(38-14(3)32)22(39-15(4)33)24(40-19)28-23-17(9-26)10-27-29(23)18-7-5-16(6-8-18)25(34)35/h5-8,10,19-22,24,28H,11H2,1-4H3,(H,34,35)/t19-,20-,21+,22-,24-/m1/s1. The first-order valence-electron chi connectivity index (χ1n) is 11.8. The first-order chi connectivity index (χ1) is 18.9. The van der Waals surface area contributed by atoms with Crippen LogP contribution in [0.15, 0.2) is 30.5 Å². The van der Waals surface area contributed by atoms with Gasteiger partial charge in [-0.3, -0.25) is 19.2 Å². The Balaban J connectivity index is 2.08. The predicted octanol–water partition coefficient (Wildman–Crippen LogP) is 0.937. The maximum atomic E-state index is 12.1. The van der Waals surface area contributed by atoms with Crippen LogP contribution in [0.25, 0.3) is 5.69 Å². The van der Waals surface area contributed by atoms with Gasteiger partial charge in [-0.25, -0.2) is 9.48 Å². The van der Waals surface area contributed by atoms with Crippen LogP contribution in [0.3, 0.4) is 0 Å². The highest BCUT2D eigenvalue weighted by atomic mass is 16.7. The van der Waals surface area contributed by atoms with Gasteiger partial charge in [0.05, 0.1) is 17.4 Å². The predicted molar refractivity (Wildman–Crippen MR) is 131 cm³/mol. The number of carbonyl (C=O) groups excluding carboxylic acids is 4. The van der Waals surface area contributed by atoms with Crippen molar-refractivity contribution in [3.63, 3.8) is 0 Å². The van der Waals surface area contributed by atoms with E-state index in [0.717, 1.165) is 27.7 Å². The summed E-state index contributed by atoms with van der Waals surface area (Å²) >= 11 is 0. The van der Waals surface area contributed by atoms with Gasteiger partial charge in [-0.2, -0.15) is 10.4 Å². The van der Waals surface area contributed by atoms with Gasteiger partial charge in [-0.1, -0.05) is 0 Å². The molecule has 15 heteroatoms. The summed E-state index contributed by atoms with van der Waals surface area (Å²) in [6.07, 6.45) is -5.54. The van der Waals surface area contributed by atoms with Crippen LogP contribution >= 0.6 is 0 Å². The smallest absolute Gasteiger partial charge is 0.335 e. The fourth-order valence-electron chi connectivity index (χ4n) is 3.99. The minimum Gasteiger partial charge on any atom is -0.478 e. The molecule has 1 aliphatic heterocycles. The van der Waals surface area contributed by atoms with E-state index >= 15 is 0 Å². The quantitative estimate of drug-likeness (QED) is 0.325. The Bertz CT molecular complexity index is 1330. The lowest BCUT2D eigenvalue weighted by Crippen LogP contribution is -2.64. The minimum absolute atomic E-state index is 0.0190. The summed E-state index contributed by atoms with van der Waals surface area (Å²) in [5, 5.41) is 26.0. The van der Waals surface area contributed by atoms with Crippen molar-refractivity contribution < 1.29 is 52.8 Å². The minimum atomic E-state index is -1.43. The molecule has 2 N–H and O–H groups in total. The second kappa shape index (κ2) is 12.7. The molecule has 0 unspecified atom stereocenters. The van der Waals surface area contributed by atoms with Crippen LogP contribution in [0, 0.1) is 11.3 Å². The molecule has 3 rings (SSSR count). The van der Waals surface area contributed by atoms with Gasteiger partial charge in [-0.15, -0.1) is 0 Å². The van der Waals surface area contributed by atoms with Crippen LogP contribution in [0.5, 0.6) is 0 Å². The fourth-order valence-corrected chi connectivity index (χ4v) is 3.99. The summed E-state index contributed by atoms with van der Waals surface area (Å²) in [5.74, 6) is -4.13. The number of benzene rings is 1. The summed E-state index contributed by atoms with van der Waals surface area (Å²) in [6.45, 7) is 4.02. The molecule has 2 heterocycles. The SMILES string of the molecule is CC(=O)OC[C@H]1O[C@@H](Nc2c(C#N)cnn2-c2ccc(C(=O)O)cc2)[C@H](OC(C)=O)[C@@H](OC(C)=O)[C@@H]1OC(C)=O. The molecule has 1 aromatic heterocycles. The lowest BCUT2D eigenvalue weighted by Gasteiger charge is -2.44. The van der Waals surface area contributed by atoms with Crippen LogP contribution in [0.4, 0.5) is 5.82 Å². The van der Waals surface area contributed by atoms with E-state index in [2.05, 4.69) is 10.4 Å². The third-order valence-electron chi connectivity index (χ3n) is 5.52. The average Bonchev–Trinajstić information content (AvgIpc) is 3.28. The molecule has 0 saturated carbocycles. The van der Waals surface area contributed by atoms with Crippen molar-refractivity contribution in [1.29, 1.82) is 5.26 Å². The van der Waals surface area contributed by atoms with Crippen molar-refractivity contribution in [2.24, 2.45) is 0 Å². The van der Waals surface area contributed by atoms with Crippen molar-refractivity contribution in [2.45, 2.75) is 58.3 Å². The number of nitriles is 1. The maximum absolute atomic E-state index is 12.1. The first kappa shape index (κ1) is 29.6. The van der Waals surface area contributed by atoms with Crippen molar-refractivity contribution in [3.05, 3.63) is 41.6 Å². The van der Waals surface area contributed by atoms with Gasteiger partial charge in [0.2, 0.25) is 0 Å². The number of carboxylic acid groups (broad SMARTS) is 1. The lowest BCUT2D eigenvalue weighted by atomic mass is 9.97. The molecular weight excluding hydrogens is 532 g/mol. The highest BCUT2D eigenvalue weighted by Crippen LogP contribution is 2.31.